The molecular formula is C15H22N2O3. The number of carbonyl (C=O) groups is 2. The van der Waals surface area contributed by atoms with E-state index in [0.717, 1.165) is 18.4 Å². The monoisotopic (exact) mass is 278 g/mol. The Bertz CT molecular complexity index is 500. The summed E-state index contributed by atoms with van der Waals surface area (Å²) in [7, 11) is 1.71. The van der Waals surface area contributed by atoms with Crippen LogP contribution in [0.1, 0.15) is 42.6 Å². The largest absolute Gasteiger partial charge is 0.478 e. The minimum atomic E-state index is -1.05. The molecule has 0 heterocycles. The SMILES string of the molecule is CCCC(C)N(C)C(=O)Nc1ccc(C)cc1C(=O)O. The van der Waals surface area contributed by atoms with E-state index in [1.807, 2.05) is 13.8 Å². The highest BCUT2D eigenvalue weighted by molar-refractivity contribution is 6.00. The third-order valence-corrected chi connectivity index (χ3v) is 3.34. The Labute approximate surface area is 119 Å². The molecule has 0 bridgehead atoms. The van der Waals surface area contributed by atoms with Gasteiger partial charge in [0.05, 0.1) is 11.3 Å². The van der Waals surface area contributed by atoms with Crippen LogP contribution in [0.4, 0.5) is 10.5 Å². The summed E-state index contributed by atoms with van der Waals surface area (Å²) in [5.74, 6) is -1.05. The van der Waals surface area contributed by atoms with Crippen LogP contribution < -0.4 is 5.32 Å². The zero-order valence-electron chi connectivity index (χ0n) is 12.4. The maximum atomic E-state index is 12.1. The van der Waals surface area contributed by atoms with Crippen molar-refractivity contribution in [1.82, 2.24) is 4.90 Å². The Morgan fingerprint density at radius 1 is 1.40 bits per heavy atom. The van der Waals surface area contributed by atoms with Gasteiger partial charge in [-0.15, -0.1) is 0 Å². The first-order valence-corrected chi connectivity index (χ1v) is 6.74. The Morgan fingerprint density at radius 2 is 2.05 bits per heavy atom. The van der Waals surface area contributed by atoms with E-state index in [2.05, 4.69) is 12.2 Å². The third kappa shape index (κ3) is 3.98. The molecule has 0 radical (unpaired) electrons. The summed E-state index contributed by atoms with van der Waals surface area (Å²) in [5, 5.41) is 11.8. The summed E-state index contributed by atoms with van der Waals surface area (Å²) in [6.07, 6.45) is 1.90. The van der Waals surface area contributed by atoms with E-state index in [4.69, 9.17) is 0 Å². The van der Waals surface area contributed by atoms with E-state index >= 15 is 0 Å². The summed E-state index contributed by atoms with van der Waals surface area (Å²) >= 11 is 0. The van der Waals surface area contributed by atoms with Gasteiger partial charge in [0, 0.05) is 13.1 Å². The van der Waals surface area contributed by atoms with Gasteiger partial charge in [-0.05, 0) is 32.4 Å². The van der Waals surface area contributed by atoms with E-state index in [9.17, 15) is 14.7 Å². The quantitative estimate of drug-likeness (QED) is 0.867. The first kappa shape index (κ1) is 16.0. The summed E-state index contributed by atoms with van der Waals surface area (Å²) in [6, 6.07) is 4.76. The number of nitrogens with one attached hydrogen (secondary N) is 1. The van der Waals surface area contributed by atoms with Gasteiger partial charge in [-0.3, -0.25) is 0 Å². The highest BCUT2D eigenvalue weighted by Crippen LogP contribution is 2.18. The van der Waals surface area contributed by atoms with Gasteiger partial charge in [-0.25, -0.2) is 9.59 Å². The van der Waals surface area contributed by atoms with Crippen molar-refractivity contribution in [2.24, 2.45) is 0 Å². The molecular weight excluding hydrogens is 256 g/mol. The standard InChI is InChI=1S/C15H22N2O3/c1-5-6-11(3)17(4)15(20)16-13-8-7-10(2)9-12(13)14(18)19/h7-9,11H,5-6H2,1-4H3,(H,16,20)(H,18,19). The van der Waals surface area contributed by atoms with Crippen molar-refractivity contribution >= 4 is 17.7 Å². The molecule has 0 aliphatic rings. The van der Waals surface area contributed by atoms with E-state index in [1.54, 1.807) is 30.1 Å². The molecule has 0 aromatic heterocycles. The summed E-state index contributed by atoms with van der Waals surface area (Å²) < 4.78 is 0. The second-order valence-corrected chi connectivity index (χ2v) is 5.03. The maximum Gasteiger partial charge on any atom is 0.337 e. The molecule has 5 heteroatoms. The fourth-order valence-corrected chi connectivity index (χ4v) is 1.96. The number of carboxylic acids is 1. The molecule has 1 rings (SSSR count). The van der Waals surface area contributed by atoms with Crippen LogP contribution >= 0.6 is 0 Å². The van der Waals surface area contributed by atoms with Crippen molar-refractivity contribution < 1.29 is 14.7 Å². The third-order valence-electron chi connectivity index (χ3n) is 3.34. The van der Waals surface area contributed by atoms with Gasteiger partial charge in [0.15, 0.2) is 0 Å². The number of amides is 2. The van der Waals surface area contributed by atoms with Crippen LogP contribution in [0.25, 0.3) is 0 Å². The molecule has 110 valence electrons. The zero-order chi connectivity index (χ0) is 15.3. The number of hydrogen-bond donors (Lipinski definition) is 2. The lowest BCUT2D eigenvalue weighted by Gasteiger charge is -2.25. The van der Waals surface area contributed by atoms with E-state index in [1.165, 1.54) is 0 Å². The lowest BCUT2D eigenvalue weighted by molar-refractivity contribution is 0.0698. The number of carbonyl (C=O) groups excluding carboxylic acids is 1. The second kappa shape index (κ2) is 6.93. The predicted molar refractivity (Wildman–Crippen MR) is 79.3 cm³/mol. The molecule has 0 aliphatic heterocycles. The van der Waals surface area contributed by atoms with Gasteiger partial charge in [-0.2, -0.15) is 0 Å². The van der Waals surface area contributed by atoms with Crippen LogP contribution in [0.5, 0.6) is 0 Å². The van der Waals surface area contributed by atoms with Crippen LogP contribution in [-0.4, -0.2) is 35.1 Å². The number of anilines is 1. The molecule has 0 saturated carbocycles. The average Bonchev–Trinajstić information content (AvgIpc) is 2.39. The molecule has 0 saturated heterocycles. The van der Waals surface area contributed by atoms with Crippen molar-refractivity contribution in [3.63, 3.8) is 0 Å². The van der Waals surface area contributed by atoms with Crippen LogP contribution in [0.15, 0.2) is 18.2 Å². The van der Waals surface area contributed by atoms with E-state index in [0.29, 0.717) is 5.69 Å². The topological polar surface area (TPSA) is 69.6 Å². The fraction of sp³-hybridized carbons (Fsp3) is 0.467. The first-order valence-electron chi connectivity index (χ1n) is 6.74. The molecule has 1 aromatic carbocycles. The molecule has 1 unspecified atom stereocenters. The van der Waals surface area contributed by atoms with Crippen molar-refractivity contribution in [2.75, 3.05) is 12.4 Å². The highest BCUT2D eigenvalue weighted by Gasteiger charge is 2.18. The first-order chi connectivity index (χ1) is 9.36. The fourth-order valence-electron chi connectivity index (χ4n) is 1.96. The van der Waals surface area contributed by atoms with Crippen LogP contribution in [0.3, 0.4) is 0 Å². The Balaban J connectivity index is 2.88. The van der Waals surface area contributed by atoms with Crippen LogP contribution in [0, 0.1) is 6.92 Å². The van der Waals surface area contributed by atoms with Gasteiger partial charge in [0.2, 0.25) is 0 Å². The van der Waals surface area contributed by atoms with Gasteiger partial charge >= 0.3 is 12.0 Å². The average molecular weight is 278 g/mol. The normalized spacial score (nSPS) is 11.8. The molecule has 2 amide bonds. The Hall–Kier alpha value is -2.04. The van der Waals surface area contributed by atoms with Gasteiger partial charge in [0.25, 0.3) is 0 Å². The number of benzene rings is 1. The minimum Gasteiger partial charge on any atom is -0.478 e. The Morgan fingerprint density at radius 3 is 2.60 bits per heavy atom. The molecule has 0 fully saturated rings. The maximum absolute atomic E-state index is 12.1. The van der Waals surface area contributed by atoms with Crippen LogP contribution in [-0.2, 0) is 0 Å². The van der Waals surface area contributed by atoms with Crippen molar-refractivity contribution in [2.45, 2.75) is 39.7 Å². The lowest BCUT2D eigenvalue weighted by atomic mass is 10.1. The lowest BCUT2D eigenvalue weighted by Crippen LogP contribution is -2.38. The molecule has 5 nitrogen and oxygen atoms in total. The summed E-state index contributed by atoms with van der Waals surface area (Å²) in [5.41, 5.74) is 1.27. The predicted octanol–water partition coefficient (Wildman–Crippen LogP) is 3.35. The molecule has 1 aromatic rings. The van der Waals surface area contributed by atoms with Crippen molar-refractivity contribution in [3.05, 3.63) is 29.3 Å². The number of aromatic carboxylic acids is 1. The highest BCUT2D eigenvalue weighted by atomic mass is 16.4. The minimum absolute atomic E-state index is 0.106. The van der Waals surface area contributed by atoms with Crippen molar-refractivity contribution in [3.8, 4) is 0 Å². The van der Waals surface area contributed by atoms with Gasteiger partial charge < -0.3 is 15.3 Å². The molecule has 0 spiro atoms. The van der Waals surface area contributed by atoms with E-state index < -0.39 is 5.97 Å². The van der Waals surface area contributed by atoms with E-state index in [-0.39, 0.29) is 17.6 Å². The van der Waals surface area contributed by atoms with Crippen LogP contribution in [0.2, 0.25) is 0 Å². The molecule has 20 heavy (non-hydrogen) atoms. The molecule has 1 atom stereocenters. The zero-order valence-corrected chi connectivity index (χ0v) is 12.4. The number of nitrogens with zero attached hydrogens (tertiary/aromatic N) is 1. The summed E-state index contributed by atoms with van der Waals surface area (Å²) in [4.78, 5) is 24.9. The number of urea groups is 1. The second-order valence-electron chi connectivity index (χ2n) is 5.03. The number of aryl methyl sites for hydroxylation is 1. The van der Waals surface area contributed by atoms with Gasteiger partial charge in [0.1, 0.15) is 0 Å². The number of rotatable bonds is 5. The smallest absolute Gasteiger partial charge is 0.337 e. The molecule has 0 aliphatic carbocycles. The van der Waals surface area contributed by atoms with Gasteiger partial charge in [-0.1, -0.05) is 25.0 Å². The van der Waals surface area contributed by atoms with Crippen molar-refractivity contribution in [1.29, 1.82) is 0 Å². The number of hydrogen-bond acceptors (Lipinski definition) is 2. The summed E-state index contributed by atoms with van der Waals surface area (Å²) in [6.45, 7) is 5.84. The number of carboxylic acid groups (broad SMARTS) is 1. The molecule has 2 N–H and O–H groups in total. The Kier molecular flexibility index (Phi) is 5.55.